The lowest BCUT2D eigenvalue weighted by Crippen LogP contribution is -2.28. The van der Waals surface area contributed by atoms with Gasteiger partial charge in [0.15, 0.2) is 5.16 Å². The largest absolute Gasteiger partial charge is 0.352 e. The number of amides is 1. The SMILES string of the molecule is C=CCNC(=O)CSc1nc2c(c(=O)n1CCc1ccccc1)SC(C)C2. The van der Waals surface area contributed by atoms with Gasteiger partial charge in [0, 0.05) is 24.8 Å². The van der Waals surface area contributed by atoms with Gasteiger partial charge in [0.1, 0.15) is 0 Å². The summed E-state index contributed by atoms with van der Waals surface area (Å²) in [6.07, 6.45) is 3.19. The van der Waals surface area contributed by atoms with Crippen molar-refractivity contribution in [2.24, 2.45) is 0 Å². The average molecular weight is 402 g/mol. The van der Waals surface area contributed by atoms with Crippen LogP contribution in [0, 0.1) is 0 Å². The first-order chi connectivity index (χ1) is 13.1. The van der Waals surface area contributed by atoms with Gasteiger partial charge in [-0.2, -0.15) is 0 Å². The molecule has 0 saturated heterocycles. The molecule has 1 atom stereocenters. The molecular weight excluding hydrogens is 378 g/mol. The van der Waals surface area contributed by atoms with E-state index in [4.69, 9.17) is 4.98 Å². The van der Waals surface area contributed by atoms with Crippen molar-refractivity contribution < 1.29 is 4.79 Å². The van der Waals surface area contributed by atoms with Crippen LogP contribution in [0.15, 0.2) is 57.8 Å². The van der Waals surface area contributed by atoms with Crippen LogP contribution in [0.1, 0.15) is 18.2 Å². The topological polar surface area (TPSA) is 64.0 Å². The first-order valence-electron chi connectivity index (χ1n) is 8.93. The van der Waals surface area contributed by atoms with E-state index in [1.165, 1.54) is 17.3 Å². The number of rotatable bonds is 8. The summed E-state index contributed by atoms with van der Waals surface area (Å²) in [6, 6.07) is 10.1. The lowest BCUT2D eigenvalue weighted by atomic mass is 10.1. The Labute approximate surface area is 167 Å². The number of benzene rings is 1. The van der Waals surface area contributed by atoms with Gasteiger partial charge in [-0.25, -0.2) is 4.98 Å². The first-order valence-corrected chi connectivity index (χ1v) is 10.8. The summed E-state index contributed by atoms with van der Waals surface area (Å²) < 4.78 is 1.72. The van der Waals surface area contributed by atoms with Gasteiger partial charge >= 0.3 is 0 Å². The summed E-state index contributed by atoms with van der Waals surface area (Å²) in [5.41, 5.74) is 2.05. The van der Waals surface area contributed by atoms with Gasteiger partial charge < -0.3 is 5.32 Å². The zero-order valence-electron chi connectivity index (χ0n) is 15.3. The molecule has 1 unspecified atom stereocenters. The molecule has 7 heteroatoms. The Kier molecular flexibility index (Phi) is 6.79. The maximum atomic E-state index is 13.0. The summed E-state index contributed by atoms with van der Waals surface area (Å²) in [4.78, 5) is 30.5. The third kappa shape index (κ3) is 5.05. The average Bonchev–Trinajstić information content (AvgIpc) is 3.05. The fourth-order valence-corrected chi connectivity index (χ4v) is 4.88. The van der Waals surface area contributed by atoms with E-state index in [1.807, 2.05) is 18.2 Å². The molecule has 1 aromatic heterocycles. The van der Waals surface area contributed by atoms with E-state index < -0.39 is 0 Å². The summed E-state index contributed by atoms with van der Waals surface area (Å²) in [6.45, 7) is 6.69. The molecule has 1 aliphatic heterocycles. The molecule has 2 aromatic rings. The molecule has 0 saturated carbocycles. The Morgan fingerprint density at radius 2 is 2.22 bits per heavy atom. The molecule has 1 amide bonds. The van der Waals surface area contributed by atoms with Gasteiger partial charge in [0.2, 0.25) is 5.91 Å². The number of carbonyl (C=O) groups excluding carboxylic acids is 1. The monoisotopic (exact) mass is 401 g/mol. The zero-order chi connectivity index (χ0) is 19.2. The highest BCUT2D eigenvalue weighted by atomic mass is 32.2. The molecule has 1 aromatic carbocycles. The molecule has 5 nitrogen and oxygen atoms in total. The molecule has 0 radical (unpaired) electrons. The normalized spacial score (nSPS) is 15.4. The molecule has 1 aliphatic rings. The van der Waals surface area contributed by atoms with Gasteiger partial charge in [-0.05, 0) is 12.0 Å². The van der Waals surface area contributed by atoms with Crippen molar-refractivity contribution in [2.45, 2.75) is 41.6 Å². The fraction of sp³-hybridized carbons (Fsp3) is 0.350. The second-order valence-electron chi connectivity index (χ2n) is 6.38. The van der Waals surface area contributed by atoms with Crippen LogP contribution >= 0.6 is 23.5 Å². The summed E-state index contributed by atoms with van der Waals surface area (Å²) in [5.74, 6) is 0.139. The number of aryl methyl sites for hydroxylation is 1. The van der Waals surface area contributed by atoms with Crippen molar-refractivity contribution in [3.63, 3.8) is 0 Å². The molecule has 1 N–H and O–H groups in total. The van der Waals surface area contributed by atoms with Crippen LogP contribution in [0.3, 0.4) is 0 Å². The molecule has 27 heavy (non-hydrogen) atoms. The molecular formula is C20H23N3O2S2. The van der Waals surface area contributed by atoms with E-state index >= 15 is 0 Å². The first kappa shape index (κ1) is 19.8. The van der Waals surface area contributed by atoms with Crippen molar-refractivity contribution >= 4 is 29.4 Å². The molecule has 0 fully saturated rings. The van der Waals surface area contributed by atoms with Crippen LogP contribution < -0.4 is 10.9 Å². The number of nitrogens with one attached hydrogen (secondary N) is 1. The quantitative estimate of drug-likeness (QED) is 0.419. The predicted octanol–water partition coefficient (Wildman–Crippen LogP) is 2.92. The van der Waals surface area contributed by atoms with Crippen LogP contribution in [0.5, 0.6) is 0 Å². The minimum absolute atomic E-state index is 0.0132. The van der Waals surface area contributed by atoms with Crippen molar-refractivity contribution in [2.75, 3.05) is 12.3 Å². The lowest BCUT2D eigenvalue weighted by Gasteiger charge is -2.13. The van der Waals surface area contributed by atoms with Crippen LogP contribution in [0.25, 0.3) is 0 Å². The van der Waals surface area contributed by atoms with Gasteiger partial charge in [-0.3, -0.25) is 14.2 Å². The molecule has 142 valence electrons. The van der Waals surface area contributed by atoms with E-state index in [0.29, 0.717) is 23.5 Å². The number of aromatic nitrogens is 2. The Hall–Kier alpha value is -1.99. The van der Waals surface area contributed by atoms with Crippen molar-refractivity contribution in [3.05, 3.63) is 64.6 Å². The Balaban J connectivity index is 1.82. The molecule has 0 aliphatic carbocycles. The lowest BCUT2D eigenvalue weighted by molar-refractivity contribution is -0.118. The highest BCUT2D eigenvalue weighted by Crippen LogP contribution is 2.34. The maximum absolute atomic E-state index is 13.0. The molecule has 0 bridgehead atoms. The second kappa shape index (κ2) is 9.28. The van der Waals surface area contributed by atoms with Crippen LogP contribution in [0.4, 0.5) is 0 Å². The predicted molar refractivity (Wildman–Crippen MR) is 112 cm³/mol. The Bertz CT molecular complexity index is 881. The van der Waals surface area contributed by atoms with E-state index in [-0.39, 0.29) is 17.2 Å². The third-order valence-corrected chi connectivity index (χ3v) is 6.40. The Morgan fingerprint density at radius 1 is 1.44 bits per heavy atom. The smallest absolute Gasteiger partial charge is 0.268 e. The van der Waals surface area contributed by atoms with E-state index in [9.17, 15) is 9.59 Å². The summed E-state index contributed by atoms with van der Waals surface area (Å²) in [7, 11) is 0. The highest BCUT2D eigenvalue weighted by molar-refractivity contribution is 8.00. The van der Waals surface area contributed by atoms with Gasteiger partial charge in [0.25, 0.3) is 5.56 Å². The van der Waals surface area contributed by atoms with E-state index in [1.54, 1.807) is 22.4 Å². The maximum Gasteiger partial charge on any atom is 0.268 e. The highest BCUT2D eigenvalue weighted by Gasteiger charge is 2.26. The van der Waals surface area contributed by atoms with Crippen LogP contribution in [0.2, 0.25) is 0 Å². The van der Waals surface area contributed by atoms with Crippen molar-refractivity contribution in [1.29, 1.82) is 0 Å². The molecule has 3 rings (SSSR count). The van der Waals surface area contributed by atoms with E-state index in [0.717, 1.165) is 23.4 Å². The molecule has 0 spiro atoms. The fourth-order valence-electron chi connectivity index (χ4n) is 2.89. The minimum Gasteiger partial charge on any atom is -0.352 e. The number of hydrogen-bond acceptors (Lipinski definition) is 5. The Morgan fingerprint density at radius 3 is 2.96 bits per heavy atom. The molecule has 2 heterocycles. The minimum atomic E-state index is -0.0907. The van der Waals surface area contributed by atoms with Gasteiger partial charge in [-0.15, -0.1) is 18.3 Å². The summed E-state index contributed by atoms with van der Waals surface area (Å²) in [5, 5.41) is 3.74. The van der Waals surface area contributed by atoms with Gasteiger partial charge in [-0.1, -0.05) is 55.1 Å². The second-order valence-corrected chi connectivity index (χ2v) is 8.77. The van der Waals surface area contributed by atoms with Crippen molar-refractivity contribution in [3.8, 4) is 0 Å². The number of fused-ring (bicyclic) bond motifs is 1. The number of hydrogen-bond donors (Lipinski definition) is 1. The van der Waals surface area contributed by atoms with Crippen molar-refractivity contribution in [1.82, 2.24) is 14.9 Å². The number of carbonyl (C=O) groups is 1. The van der Waals surface area contributed by atoms with Crippen LogP contribution in [-0.4, -0.2) is 33.0 Å². The van der Waals surface area contributed by atoms with Gasteiger partial charge in [0.05, 0.1) is 16.3 Å². The number of nitrogens with zero attached hydrogens (tertiary/aromatic N) is 2. The van der Waals surface area contributed by atoms with Crippen LogP contribution in [-0.2, 0) is 24.2 Å². The number of thioether (sulfide) groups is 2. The third-order valence-electron chi connectivity index (χ3n) is 4.21. The standard InChI is InChI=1S/C20H23N3O2S2/c1-3-10-21-17(24)13-26-20-22-16-12-14(2)27-18(16)19(25)23(20)11-9-15-7-5-4-6-8-15/h3-8,14H,1,9-13H2,2H3,(H,21,24). The van der Waals surface area contributed by atoms with E-state index in [2.05, 4.69) is 31.0 Å². The summed E-state index contributed by atoms with van der Waals surface area (Å²) >= 11 is 2.92. The zero-order valence-corrected chi connectivity index (χ0v) is 16.9.